The quantitative estimate of drug-likeness (QED) is 0.684. The lowest BCUT2D eigenvalue weighted by Crippen LogP contribution is -2.32. The molecule has 0 spiro atoms. The van der Waals surface area contributed by atoms with Crippen molar-refractivity contribution in [2.75, 3.05) is 52.5 Å². The molecule has 0 atom stereocenters. The normalized spacial score (nSPS) is 10.6. The van der Waals surface area contributed by atoms with E-state index >= 15 is 0 Å². The third-order valence-electron chi connectivity index (χ3n) is 2.56. The Labute approximate surface area is 108 Å². The maximum Gasteiger partial charge on any atom is 0.136 e. The number of aromatic nitrogens is 2. The van der Waals surface area contributed by atoms with E-state index in [4.69, 9.17) is 9.47 Å². The number of hydrogen-bond acceptors (Lipinski definition) is 6. The van der Waals surface area contributed by atoms with Crippen LogP contribution in [0.4, 0.5) is 5.82 Å². The minimum Gasteiger partial charge on any atom is -0.383 e. The molecule has 0 fully saturated rings. The summed E-state index contributed by atoms with van der Waals surface area (Å²) in [5, 5.41) is 3.12. The summed E-state index contributed by atoms with van der Waals surface area (Å²) in [5.41, 5.74) is 1.08. The average Bonchev–Trinajstić information content (AvgIpc) is 2.40. The van der Waals surface area contributed by atoms with Gasteiger partial charge in [-0.05, 0) is 7.05 Å². The number of hydrogen-bond donors (Lipinski definition) is 1. The van der Waals surface area contributed by atoms with Crippen LogP contribution in [0.2, 0.25) is 0 Å². The van der Waals surface area contributed by atoms with E-state index in [1.165, 1.54) is 0 Å². The molecule has 0 aliphatic heterocycles. The molecule has 102 valence electrons. The highest BCUT2D eigenvalue weighted by atomic mass is 16.5. The van der Waals surface area contributed by atoms with E-state index < -0.39 is 0 Å². The molecule has 0 saturated heterocycles. The van der Waals surface area contributed by atoms with Gasteiger partial charge >= 0.3 is 0 Å². The fourth-order valence-electron chi connectivity index (χ4n) is 1.68. The lowest BCUT2D eigenvalue weighted by molar-refractivity contribution is 0.190. The molecule has 0 aliphatic carbocycles. The molecule has 18 heavy (non-hydrogen) atoms. The number of nitrogens with one attached hydrogen (secondary N) is 1. The van der Waals surface area contributed by atoms with Gasteiger partial charge in [0.25, 0.3) is 0 Å². The van der Waals surface area contributed by atoms with E-state index in [1.54, 1.807) is 20.5 Å². The van der Waals surface area contributed by atoms with Gasteiger partial charge < -0.3 is 19.7 Å². The summed E-state index contributed by atoms with van der Waals surface area (Å²) in [7, 11) is 5.30. The third kappa shape index (κ3) is 4.56. The van der Waals surface area contributed by atoms with E-state index in [1.807, 2.05) is 13.2 Å². The Balaban J connectivity index is 2.81. The molecule has 0 amide bonds. The van der Waals surface area contributed by atoms with Crippen LogP contribution < -0.4 is 10.2 Å². The van der Waals surface area contributed by atoms with Gasteiger partial charge in [-0.3, -0.25) is 0 Å². The van der Waals surface area contributed by atoms with Crippen molar-refractivity contribution in [2.45, 2.75) is 6.54 Å². The lowest BCUT2D eigenvalue weighted by atomic mass is 10.2. The van der Waals surface area contributed by atoms with Crippen molar-refractivity contribution in [1.82, 2.24) is 15.3 Å². The van der Waals surface area contributed by atoms with Gasteiger partial charge in [-0.25, -0.2) is 9.97 Å². The number of rotatable bonds is 9. The Kier molecular flexibility index (Phi) is 7.24. The van der Waals surface area contributed by atoms with Crippen molar-refractivity contribution in [3.63, 3.8) is 0 Å². The fourth-order valence-corrected chi connectivity index (χ4v) is 1.68. The highest BCUT2D eigenvalue weighted by Crippen LogP contribution is 2.15. The second kappa shape index (κ2) is 8.79. The zero-order valence-corrected chi connectivity index (χ0v) is 11.3. The second-order valence-corrected chi connectivity index (χ2v) is 3.87. The van der Waals surface area contributed by atoms with Gasteiger partial charge in [0.2, 0.25) is 0 Å². The summed E-state index contributed by atoms with van der Waals surface area (Å²) in [6.45, 7) is 3.63. The van der Waals surface area contributed by atoms with Crippen LogP contribution in [0, 0.1) is 0 Å². The van der Waals surface area contributed by atoms with Gasteiger partial charge in [0.05, 0.1) is 13.2 Å². The molecule has 1 N–H and O–H groups in total. The van der Waals surface area contributed by atoms with Gasteiger partial charge in [0.15, 0.2) is 0 Å². The molecule has 1 heterocycles. The first kappa shape index (κ1) is 14.8. The van der Waals surface area contributed by atoms with Crippen molar-refractivity contribution in [3.05, 3.63) is 18.1 Å². The molecule has 1 aromatic rings. The third-order valence-corrected chi connectivity index (χ3v) is 2.56. The van der Waals surface area contributed by atoms with Crippen LogP contribution in [-0.4, -0.2) is 57.5 Å². The number of ether oxygens (including phenoxy) is 2. The standard InChI is InChI=1S/C12H22N4O2/c1-13-8-11-9-14-10-15-12(11)16(4-6-17-2)5-7-18-3/h9-10,13H,4-8H2,1-3H3. The molecule has 0 unspecified atom stereocenters. The van der Waals surface area contributed by atoms with Crippen molar-refractivity contribution in [1.29, 1.82) is 0 Å². The van der Waals surface area contributed by atoms with Crippen LogP contribution >= 0.6 is 0 Å². The van der Waals surface area contributed by atoms with Crippen LogP contribution in [-0.2, 0) is 16.0 Å². The Bertz CT molecular complexity index is 328. The highest BCUT2D eigenvalue weighted by Gasteiger charge is 2.12. The number of methoxy groups -OCH3 is 2. The van der Waals surface area contributed by atoms with Gasteiger partial charge in [-0.1, -0.05) is 0 Å². The first-order valence-corrected chi connectivity index (χ1v) is 5.99. The Hall–Kier alpha value is -1.24. The molecule has 1 aromatic heterocycles. The summed E-state index contributed by atoms with van der Waals surface area (Å²) < 4.78 is 10.3. The molecule has 6 nitrogen and oxygen atoms in total. The van der Waals surface area contributed by atoms with E-state index in [-0.39, 0.29) is 0 Å². The SMILES string of the molecule is CNCc1cncnc1N(CCOC)CCOC. The number of nitrogens with zero attached hydrogens (tertiary/aromatic N) is 3. The summed E-state index contributed by atoms with van der Waals surface area (Å²) in [5.74, 6) is 0.938. The van der Waals surface area contributed by atoms with Crippen LogP contribution in [0.15, 0.2) is 12.5 Å². The van der Waals surface area contributed by atoms with Crippen LogP contribution in [0.5, 0.6) is 0 Å². The number of anilines is 1. The Morgan fingerprint density at radius 1 is 1.22 bits per heavy atom. The fraction of sp³-hybridized carbons (Fsp3) is 0.667. The summed E-state index contributed by atoms with van der Waals surface area (Å²) >= 11 is 0. The zero-order chi connectivity index (χ0) is 13.2. The van der Waals surface area contributed by atoms with E-state index in [0.29, 0.717) is 13.2 Å². The molecule has 6 heteroatoms. The second-order valence-electron chi connectivity index (χ2n) is 3.87. The average molecular weight is 254 g/mol. The van der Waals surface area contributed by atoms with E-state index in [0.717, 1.165) is 31.0 Å². The van der Waals surface area contributed by atoms with Crippen molar-refractivity contribution < 1.29 is 9.47 Å². The predicted molar refractivity (Wildman–Crippen MR) is 70.8 cm³/mol. The Morgan fingerprint density at radius 2 is 1.89 bits per heavy atom. The Morgan fingerprint density at radius 3 is 2.44 bits per heavy atom. The van der Waals surface area contributed by atoms with Crippen molar-refractivity contribution in [3.8, 4) is 0 Å². The van der Waals surface area contributed by atoms with Crippen molar-refractivity contribution in [2.24, 2.45) is 0 Å². The van der Waals surface area contributed by atoms with E-state index in [9.17, 15) is 0 Å². The van der Waals surface area contributed by atoms with Gasteiger partial charge in [-0.15, -0.1) is 0 Å². The van der Waals surface area contributed by atoms with Gasteiger partial charge in [-0.2, -0.15) is 0 Å². The molecule has 0 saturated carbocycles. The zero-order valence-electron chi connectivity index (χ0n) is 11.3. The summed E-state index contributed by atoms with van der Waals surface area (Å²) in [4.78, 5) is 10.6. The minimum absolute atomic E-state index is 0.659. The molecule has 0 bridgehead atoms. The van der Waals surface area contributed by atoms with Crippen molar-refractivity contribution >= 4 is 5.82 Å². The molecule has 0 aromatic carbocycles. The first-order chi connectivity index (χ1) is 8.83. The first-order valence-electron chi connectivity index (χ1n) is 5.99. The maximum atomic E-state index is 5.13. The monoisotopic (exact) mass is 254 g/mol. The smallest absolute Gasteiger partial charge is 0.136 e. The lowest BCUT2D eigenvalue weighted by Gasteiger charge is -2.25. The summed E-state index contributed by atoms with van der Waals surface area (Å²) in [6.07, 6.45) is 3.41. The predicted octanol–water partition coefficient (Wildman–Crippen LogP) is 0.295. The maximum absolute atomic E-state index is 5.13. The molecular formula is C12H22N4O2. The van der Waals surface area contributed by atoms with Crippen LogP contribution in [0.25, 0.3) is 0 Å². The molecule has 0 aliphatic rings. The van der Waals surface area contributed by atoms with Crippen LogP contribution in [0.3, 0.4) is 0 Å². The molecule has 0 radical (unpaired) electrons. The molecular weight excluding hydrogens is 232 g/mol. The largest absolute Gasteiger partial charge is 0.383 e. The highest BCUT2D eigenvalue weighted by molar-refractivity contribution is 5.45. The van der Waals surface area contributed by atoms with Gasteiger partial charge in [0.1, 0.15) is 12.1 Å². The van der Waals surface area contributed by atoms with Gasteiger partial charge in [0, 0.05) is 45.6 Å². The van der Waals surface area contributed by atoms with E-state index in [2.05, 4.69) is 20.2 Å². The minimum atomic E-state index is 0.659. The summed E-state index contributed by atoms with van der Waals surface area (Å²) in [6, 6.07) is 0. The van der Waals surface area contributed by atoms with Crippen LogP contribution in [0.1, 0.15) is 5.56 Å². The topological polar surface area (TPSA) is 59.5 Å². The molecule has 1 rings (SSSR count).